The zero-order valence-electron chi connectivity index (χ0n) is 18.1. The number of hydrogen-bond donors (Lipinski definition) is 2. The van der Waals surface area contributed by atoms with Crippen molar-refractivity contribution in [1.82, 2.24) is 5.43 Å². The first-order valence-electron chi connectivity index (χ1n) is 10.2. The van der Waals surface area contributed by atoms with Crippen LogP contribution in [-0.4, -0.2) is 24.2 Å². The number of esters is 1. The van der Waals surface area contributed by atoms with Crippen LogP contribution in [-0.2, 0) is 9.53 Å². The molecule has 4 rings (SSSR count). The molecule has 0 radical (unpaired) electrons. The lowest BCUT2D eigenvalue weighted by Gasteiger charge is -2.14. The maximum absolute atomic E-state index is 13.0. The van der Waals surface area contributed by atoms with E-state index in [1.54, 1.807) is 19.1 Å². The zero-order chi connectivity index (χ0) is 24.1. The Balaban J connectivity index is 1.74. The van der Waals surface area contributed by atoms with Gasteiger partial charge in [0, 0.05) is 17.3 Å². The molecule has 0 aliphatic carbocycles. The van der Waals surface area contributed by atoms with Crippen molar-refractivity contribution in [3.05, 3.63) is 78.5 Å². The van der Waals surface area contributed by atoms with E-state index in [9.17, 15) is 14.9 Å². The maximum atomic E-state index is 13.0. The Morgan fingerprint density at radius 2 is 1.91 bits per heavy atom. The van der Waals surface area contributed by atoms with Gasteiger partial charge in [-0.15, -0.1) is 11.3 Å². The van der Waals surface area contributed by atoms with E-state index in [-0.39, 0.29) is 17.9 Å². The summed E-state index contributed by atoms with van der Waals surface area (Å²) in [5.41, 5.74) is 8.38. The second-order valence-corrected chi connectivity index (χ2v) is 8.96. The van der Waals surface area contributed by atoms with E-state index in [1.165, 1.54) is 16.3 Å². The first-order valence-corrected chi connectivity index (χ1v) is 11.8. The molecule has 0 bridgehead atoms. The summed E-state index contributed by atoms with van der Waals surface area (Å²) in [6.07, 6.45) is 0. The Morgan fingerprint density at radius 3 is 2.56 bits per heavy atom. The SMILES string of the molecule is C=C1NN(c2ccccc2)C(=O)/C1=N\Nc1sc(SC#N)c(-c2ccccc2)c1C(=O)OCC. The fraction of sp³-hybridized carbons (Fsp3) is 0.0833. The van der Waals surface area contributed by atoms with Crippen LogP contribution in [0.4, 0.5) is 10.7 Å². The van der Waals surface area contributed by atoms with Crippen molar-refractivity contribution in [2.45, 2.75) is 11.1 Å². The highest BCUT2D eigenvalue weighted by atomic mass is 32.2. The van der Waals surface area contributed by atoms with Crippen LogP contribution < -0.4 is 15.9 Å². The first-order chi connectivity index (χ1) is 16.5. The van der Waals surface area contributed by atoms with Crippen LogP contribution in [0.2, 0.25) is 0 Å². The monoisotopic (exact) mass is 489 g/mol. The van der Waals surface area contributed by atoms with Crippen LogP contribution in [0.15, 0.2) is 82.3 Å². The summed E-state index contributed by atoms with van der Waals surface area (Å²) in [7, 11) is 0. The summed E-state index contributed by atoms with van der Waals surface area (Å²) in [6, 6.07) is 18.3. The molecule has 1 amide bonds. The molecule has 2 heterocycles. The number of anilines is 2. The minimum absolute atomic E-state index is 0.0720. The lowest BCUT2D eigenvalue weighted by atomic mass is 10.0. The third-order valence-electron chi connectivity index (χ3n) is 4.78. The minimum atomic E-state index is -0.550. The Kier molecular flexibility index (Phi) is 6.96. The highest BCUT2D eigenvalue weighted by Crippen LogP contribution is 2.45. The number of thiophene rings is 1. The highest BCUT2D eigenvalue weighted by molar-refractivity contribution is 8.05. The van der Waals surface area contributed by atoms with Crippen LogP contribution >= 0.6 is 23.1 Å². The van der Waals surface area contributed by atoms with Gasteiger partial charge in [0.15, 0.2) is 5.71 Å². The summed E-state index contributed by atoms with van der Waals surface area (Å²) in [6.45, 7) is 5.78. The molecule has 1 saturated heterocycles. The number of carbonyl (C=O) groups is 2. The molecule has 1 aliphatic heterocycles. The van der Waals surface area contributed by atoms with Crippen LogP contribution in [0.3, 0.4) is 0 Å². The Morgan fingerprint density at radius 1 is 1.24 bits per heavy atom. The number of benzene rings is 2. The number of rotatable bonds is 7. The average Bonchev–Trinajstić information content (AvgIpc) is 3.35. The van der Waals surface area contributed by atoms with Gasteiger partial charge in [-0.25, -0.2) is 9.80 Å². The summed E-state index contributed by atoms with van der Waals surface area (Å²) in [5.74, 6) is -0.946. The molecule has 170 valence electrons. The fourth-order valence-corrected chi connectivity index (χ4v) is 5.14. The number of carbonyl (C=O) groups excluding carboxylic acids is 2. The molecular weight excluding hydrogens is 470 g/mol. The lowest BCUT2D eigenvalue weighted by molar-refractivity contribution is -0.112. The summed E-state index contributed by atoms with van der Waals surface area (Å²) in [4.78, 5) is 25.9. The number of nitrogens with zero attached hydrogens (tertiary/aromatic N) is 3. The van der Waals surface area contributed by atoms with Gasteiger partial charge in [-0.05, 0) is 24.6 Å². The van der Waals surface area contributed by atoms with Gasteiger partial charge in [0.25, 0.3) is 5.91 Å². The van der Waals surface area contributed by atoms with Crippen LogP contribution in [0.5, 0.6) is 0 Å². The van der Waals surface area contributed by atoms with Crippen molar-refractivity contribution in [2.24, 2.45) is 5.10 Å². The Labute approximate surface area is 204 Å². The van der Waals surface area contributed by atoms with E-state index in [1.807, 2.05) is 48.5 Å². The number of thiocyanates is 1. The van der Waals surface area contributed by atoms with E-state index >= 15 is 0 Å². The smallest absolute Gasteiger partial charge is 0.341 e. The van der Waals surface area contributed by atoms with Gasteiger partial charge >= 0.3 is 5.97 Å². The molecule has 2 N–H and O–H groups in total. The molecule has 1 aliphatic rings. The van der Waals surface area contributed by atoms with E-state index in [2.05, 4.69) is 27.9 Å². The molecule has 34 heavy (non-hydrogen) atoms. The molecule has 10 heteroatoms. The van der Waals surface area contributed by atoms with E-state index in [0.717, 1.165) is 17.3 Å². The predicted octanol–water partition coefficient (Wildman–Crippen LogP) is 5.00. The number of hydrazine groups is 1. The molecule has 0 atom stereocenters. The maximum Gasteiger partial charge on any atom is 0.341 e. The van der Waals surface area contributed by atoms with Crippen molar-refractivity contribution < 1.29 is 14.3 Å². The number of para-hydroxylation sites is 1. The first kappa shape index (κ1) is 23.1. The van der Waals surface area contributed by atoms with Crippen LogP contribution in [0.25, 0.3) is 11.1 Å². The zero-order valence-corrected chi connectivity index (χ0v) is 19.7. The largest absolute Gasteiger partial charge is 0.462 e. The topological polar surface area (TPSA) is 107 Å². The standard InChI is InChI=1S/C24H19N5O3S2/c1-3-32-23(31)19-18(16-10-6-4-7-11-16)24(33-14-25)34-21(19)27-26-20-15(2)28-29(22(20)30)17-12-8-5-9-13-17/h4-13,27-28H,2-3H2,1H3/b26-20-. The number of hydrazone groups is 1. The molecule has 2 aromatic carbocycles. The van der Waals surface area contributed by atoms with Gasteiger partial charge in [-0.2, -0.15) is 10.4 Å². The molecule has 3 aromatic rings. The second kappa shape index (κ2) is 10.2. The van der Waals surface area contributed by atoms with Gasteiger partial charge in [-0.1, -0.05) is 55.1 Å². The number of amides is 1. The van der Waals surface area contributed by atoms with Crippen LogP contribution in [0.1, 0.15) is 17.3 Å². The van der Waals surface area contributed by atoms with E-state index in [4.69, 9.17) is 4.74 Å². The third kappa shape index (κ3) is 4.52. The molecule has 0 spiro atoms. The van der Waals surface area contributed by atoms with Gasteiger partial charge < -0.3 is 4.74 Å². The summed E-state index contributed by atoms with van der Waals surface area (Å²) >= 11 is 2.14. The number of thioether (sulfide) groups is 1. The van der Waals surface area contributed by atoms with Gasteiger partial charge in [0.2, 0.25) is 0 Å². The molecule has 8 nitrogen and oxygen atoms in total. The van der Waals surface area contributed by atoms with Crippen molar-refractivity contribution in [2.75, 3.05) is 17.0 Å². The summed E-state index contributed by atoms with van der Waals surface area (Å²) in [5, 5.41) is 17.4. The molecule has 1 fully saturated rings. The Hall–Kier alpha value is -4.07. The highest BCUT2D eigenvalue weighted by Gasteiger charge is 2.33. The molecule has 0 unspecified atom stereocenters. The van der Waals surface area contributed by atoms with Gasteiger partial charge in [0.05, 0.1) is 22.2 Å². The van der Waals surface area contributed by atoms with Gasteiger partial charge in [-0.3, -0.25) is 15.6 Å². The van der Waals surface area contributed by atoms with E-state index in [0.29, 0.717) is 26.2 Å². The quantitative estimate of drug-likeness (QED) is 0.208. The molecule has 1 aromatic heterocycles. The van der Waals surface area contributed by atoms with Gasteiger partial charge in [0.1, 0.15) is 16.0 Å². The lowest BCUT2D eigenvalue weighted by Crippen LogP contribution is -2.34. The normalized spacial score (nSPS) is 14.1. The number of nitrogens with one attached hydrogen (secondary N) is 2. The third-order valence-corrected chi connectivity index (χ3v) is 6.65. The van der Waals surface area contributed by atoms with Crippen molar-refractivity contribution >= 4 is 51.4 Å². The second-order valence-electron chi connectivity index (χ2n) is 6.89. The Bertz CT molecular complexity index is 1310. The average molecular weight is 490 g/mol. The van der Waals surface area contributed by atoms with Crippen molar-refractivity contribution in [3.63, 3.8) is 0 Å². The van der Waals surface area contributed by atoms with Crippen molar-refractivity contribution in [1.29, 1.82) is 5.26 Å². The molecular formula is C24H19N5O3S2. The fourth-order valence-electron chi connectivity index (χ4n) is 3.32. The van der Waals surface area contributed by atoms with E-state index < -0.39 is 11.9 Å². The number of ether oxygens (including phenoxy) is 1. The van der Waals surface area contributed by atoms with Crippen molar-refractivity contribution in [3.8, 4) is 16.5 Å². The van der Waals surface area contributed by atoms with Crippen LogP contribution in [0, 0.1) is 10.7 Å². The minimum Gasteiger partial charge on any atom is -0.462 e. The molecule has 0 saturated carbocycles. The summed E-state index contributed by atoms with van der Waals surface area (Å²) < 4.78 is 5.90. The number of hydrogen-bond acceptors (Lipinski definition) is 9. The number of nitriles is 1. The predicted molar refractivity (Wildman–Crippen MR) is 134 cm³/mol.